The molecule has 2 rings (SSSR count). The van der Waals surface area contributed by atoms with Gasteiger partial charge in [-0.3, -0.25) is 0 Å². The Morgan fingerprint density at radius 2 is 1.89 bits per heavy atom. The zero-order chi connectivity index (χ0) is 13.8. The molecule has 2 aromatic rings. The standard InChI is InChI=1S/C15H12BrFN2/c1-10(11-3-6-14(17)7-4-11)19-15-8-13(16)5-2-12(15)9-18/h2-8,10,19H,1H3. The first kappa shape index (κ1) is 13.6. The summed E-state index contributed by atoms with van der Waals surface area (Å²) in [5, 5.41) is 12.3. The summed E-state index contributed by atoms with van der Waals surface area (Å²) in [6, 6.07) is 13.9. The minimum absolute atomic E-state index is 0.0120. The lowest BCUT2D eigenvalue weighted by atomic mass is 10.1. The van der Waals surface area contributed by atoms with Gasteiger partial charge in [-0.05, 0) is 42.8 Å². The van der Waals surface area contributed by atoms with Crippen molar-refractivity contribution in [2.45, 2.75) is 13.0 Å². The monoisotopic (exact) mass is 318 g/mol. The number of halogens is 2. The number of nitriles is 1. The molecule has 0 aromatic heterocycles. The second-order valence-corrected chi connectivity index (χ2v) is 5.13. The number of nitrogens with one attached hydrogen (secondary N) is 1. The van der Waals surface area contributed by atoms with Crippen LogP contribution in [0.5, 0.6) is 0 Å². The molecular formula is C15H12BrFN2. The van der Waals surface area contributed by atoms with Crippen LogP contribution < -0.4 is 5.32 Å². The van der Waals surface area contributed by atoms with Crippen LogP contribution in [0, 0.1) is 17.1 Å². The fourth-order valence-electron chi connectivity index (χ4n) is 1.80. The van der Waals surface area contributed by atoms with E-state index >= 15 is 0 Å². The van der Waals surface area contributed by atoms with Gasteiger partial charge in [0.1, 0.15) is 11.9 Å². The zero-order valence-electron chi connectivity index (χ0n) is 10.3. The number of hydrogen-bond donors (Lipinski definition) is 1. The summed E-state index contributed by atoms with van der Waals surface area (Å²) in [5.74, 6) is -0.254. The quantitative estimate of drug-likeness (QED) is 0.895. The summed E-state index contributed by atoms with van der Waals surface area (Å²) in [7, 11) is 0. The number of nitrogens with zero attached hydrogens (tertiary/aromatic N) is 1. The molecule has 19 heavy (non-hydrogen) atoms. The first-order chi connectivity index (χ1) is 9.10. The van der Waals surface area contributed by atoms with Gasteiger partial charge in [-0.2, -0.15) is 5.26 Å². The molecule has 0 spiro atoms. The van der Waals surface area contributed by atoms with Crippen LogP contribution in [0.1, 0.15) is 24.1 Å². The summed E-state index contributed by atoms with van der Waals surface area (Å²) in [4.78, 5) is 0. The normalized spacial score (nSPS) is 11.7. The highest BCUT2D eigenvalue weighted by atomic mass is 79.9. The number of benzene rings is 2. The molecule has 0 fully saturated rings. The van der Waals surface area contributed by atoms with Crippen molar-refractivity contribution in [3.8, 4) is 6.07 Å². The number of anilines is 1. The van der Waals surface area contributed by atoms with Gasteiger partial charge in [-0.25, -0.2) is 4.39 Å². The van der Waals surface area contributed by atoms with Crippen LogP contribution in [0.15, 0.2) is 46.9 Å². The van der Waals surface area contributed by atoms with Crippen LogP contribution in [0.25, 0.3) is 0 Å². The van der Waals surface area contributed by atoms with Crippen molar-refractivity contribution in [1.82, 2.24) is 0 Å². The molecule has 0 heterocycles. The molecular weight excluding hydrogens is 307 g/mol. The molecule has 0 bridgehead atoms. The third-order valence-corrected chi connectivity index (χ3v) is 3.34. The summed E-state index contributed by atoms with van der Waals surface area (Å²) < 4.78 is 13.8. The second-order valence-electron chi connectivity index (χ2n) is 4.22. The first-order valence-electron chi connectivity index (χ1n) is 5.82. The fourth-order valence-corrected chi connectivity index (χ4v) is 2.16. The van der Waals surface area contributed by atoms with E-state index in [0.29, 0.717) is 5.56 Å². The van der Waals surface area contributed by atoms with Gasteiger partial charge in [-0.15, -0.1) is 0 Å². The van der Waals surface area contributed by atoms with E-state index < -0.39 is 0 Å². The molecule has 0 amide bonds. The van der Waals surface area contributed by atoms with E-state index in [2.05, 4.69) is 27.3 Å². The van der Waals surface area contributed by atoms with Crippen LogP contribution in [-0.4, -0.2) is 0 Å². The molecule has 1 atom stereocenters. The van der Waals surface area contributed by atoms with Gasteiger partial charge in [0, 0.05) is 10.5 Å². The van der Waals surface area contributed by atoms with E-state index in [1.807, 2.05) is 19.1 Å². The van der Waals surface area contributed by atoms with Gasteiger partial charge in [0.2, 0.25) is 0 Å². The molecule has 96 valence electrons. The smallest absolute Gasteiger partial charge is 0.123 e. The summed E-state index contributed by atoms with van der Waals surface area (Å²) >= 11 is 3.38. The van der Waals surface area contributed by atoms with E-state index in [9.17, 15) is 4.39 Å². The highest BCUT2D eigenvalue weighted by Crippen LogP contribution is 2.25. The molecule has 2 aromatic carbocycles. The van der Waals surface area contributed by atoms with Gasteiger partial charge in [0.25, 0.3) is 0 Å². The van der Waals surface area contributed by atoms with Crippen molar-refractivity contribution in [1.29, 1.82) is 5.26 Å². The van der Waals surface area contributed by atoms with E-state index in [4.69, 9.17) is 5.26 Å². The highest BCUT2D eigenvalue weighted by Gasteiger charge is 2.09. The maximum absolute atomic E-state index is 12.9. The average Bonchev–Trinajstić information content (AvgIpc) is 2.39. The molecule has 0 aliphatic rings. The predicted molar refractivity (Wildman–Crippen MR) is 77.3 cm³/mol. The van der Waals surface area contributed by atoms with E-state index in [1.54, 1.807) is 18.2 Å². The van der Waals surface area contributed by atoms with Crippen LogP contribution in [-0.2, 0) is 0 Å². The van der Waals surface area contributed by atoms with E-state index in [-0.39, 0.29) is 11.9 Å². The Bertz CT molecular complexity index is 617. The minimum Gasteiger partial charge on any atom is -0.377 e. The zero-order valence-corrected chi connectivity index (χ0v) is 11.9. The largest absolute Gasteiger partial charge is 0.377 e. The molecule has 4 heteroatoms. The summed E-state index contributed by atoms with van der Waals surface area (Å²) in [6.45, 7) is 1.97. The predicted octanol–water partition coefficient (Wildman–Crippen LogP) is 4.63. The maximum atomic E-state index is 12.9. The lowest BCUT2D eigenvalue weighted by Gasteiger charge is -2.17. The highest BCUT2D eigenvalue weighted by molar-refractivity contribution is 9.10. The van der Waals surface area contributed by atoms with Gasteiger partial charge < -0.3 is 5.32 Å². The Morgan fingerprint density at radius 3 is 2.53 bits per heavy atom. The van der Waals surface area contributed by atoms with Crippen molar-refractivity contribution in [3.63, 3.8) is 0 Å². The number of hydrogen-bond acceptors (Lipinski definition) is 2. The van der Waals surface area contributed by atoms with E-state index in [0.717, 1.165) is 15.7 Å². The lowest BCUT2D eigenvalue weighted by molar-refractivity contribution is 0.626. The Kier molecular flexibility index (Phi) is 4.18. The third kappa shape index (κ3) is 3.33. The Morgan fingerprint density at radius 1 is 1.21 bits per heavy atom. The van der Waals surface area contributed by atoms with Gasteiger partial charge >= 0.3 is 0 Å². The minimum atomic E-state index is -0.254. The molecule has 0 aliphatic heterocycles. The fraction of sp³-hybridized carbons (Fsp3) is 0.133. The topological polar surface area (TPSA) is 35.8 Å². The summed E-state index contributed by atoms with van der Waals surface area (Å²) in [5.41, 5.74) is 2.30. The van der Waals surface area contributed by atoms with Gasteiger partial charge in [0.05, 0.1) is 11.3 Å². The Labute approximate surface area is 120 Å². The molecule has 2 nitrogen and oxygen atoms in total. The van der Waals surface area contributed by atoms with Crippen molar-refractivity contribution in [2.24, 2.45) is 0 Å². The van der Waals surface area contributed by atoms with Crippen molar-refractivity contribution < 1.29 is 4.39 Å². The molecule has 0 saturated carbocycles. The van der Waals surface area contributed by atoms with Gasteiger partial charge in [0.15, 0.2) is 0 Å². The van der Waals surface area contributed by atoms with Crippen molar-refractivity contribution in [2.75, 3.05) is 5.32 Å². The first-order valence-corrected chi connectivity index (χ1v) is 6.61. The Hall–Kier alpha value is -1.86. The summed E-state index contributed by atoms with van der Waals surface area (Å²) in [6.07, 6.45) is 0. The second kappa shape index (κ2) is 5.85. The lowest BCUT2D eigenvalue weighted by Crippen LogP contribution is -2.07. The van der Waals surface area contributed by atoms with Crippen LogP contribution in [0.3, 0.4) is 0 Å². The van der Waals surface area contributed by atoms with Crippen LogP contribution in [0.4, 0.5) is 10.1 Å². The van der Waals surface area contributed by atoms with Crippen molar-refractivity contribution in [3.05, 3.63) is 63.9 Å². The molecule has 1 unspecified atom stereocenters. The molecule has 1 N–H and O–H groups in total. The SMILES string of the molecule is CC(Nc1cc(Br)ccc1C#N)c1ccc(F)cc1. The Balaban J connectivity index is 2.23. The maximum Gasteiger partial charge on any atom is 0.123 e. The molecule has 0 saturated heterocycles. The third-order valence-electron chi connectivity index (χ3n) is 2.84. The molecule has 0 radical (unpaired) electrons. The van der Waals surface area contributed by atoms with E-state index in [1.165, 1.54) is 12.1 Å². The molecule has 0 aliphatic carbocycles. The number of rotatable bonds is 3. The average molecular weight is 319 g/mol. The van der Waals surface area contributed by atoms with Crippen molar-refractivity contribution >= 4 is 21.6 Å². The van der Waals surface area contributed by atoms with Crippen LogP contribution in [0.2, 0.25) is 0 Å². The van der Waals surface area contributed by atoms with Crippen LogP contribution >= 0.6 is 15.9 Å². The van der Waals surface area contributed by atoms with Gasteiger partial charge in [-0.1, -0.05) is 28.1 Å².